The van der Waals surface area contributed by atoms with E-state index in [9.17, 15) is 52.7 Å². The molecule has 0 saturated carbocycles. The van der Waals surface area contributed by atoms with E-state index in [1.165, 1.54) is 0 Å². The maximum atomic E-state index is 12.4. The van der Waals surface area contributed by atoms with Crippen LogP contribution in [0.15, 0.2) is 0 Å². The summed E-state index contributed by atoms with van der Waals surface area (Å²) >= 11 is 0. The van der Waals surface area contributed by atoms with Crippen LogP contribution in [0.1, 0.15) is 48.5 Å². The van der Waals surface area contributed by atoms with Crippen molar-refractivity contribution in [3.05, 3.63) is 5.92 Å². The minimum atomic E-state index is -5.32. The van der Waals surface area contributed by atoms with E-state index in [-0.39, 0.29) is 70.6 Å². The molecule has 0 rings (SSSR count). The molecule has 0 unspecified atom stereocenters. The van der Waals surface area contributed by atoms with Gasteiger partial charge in [0.1, 0.15) is 0 Å². The van der Waals surface area contributed by atoms with Crippen LogP contribution >= 0.6 is 0 Å². The Morgan fingerprint density at radius 2 is 0.690 bits per heavy atom. The Morgan fingerprint density at radius 1 is 0.483 bits per heavy atom. The minimum absolute atomic E-state index is 0. The van der Waals surface area contributed by atoms with Crippen LogP contribution in [0.3, 0.4) is 0 Å². The van der Waals surface area contributed by atoms with Crippen molar-refractivity contribution in [2.45, 2.75) is 73.2 Å². The predicted molar refractivity (Wildman–Crippen MR) is 76.4 cm³/mol. The zero-order valence-corrected chi connectivity index (χ0v) is 21.9. The number of hydrogen-bond donors (Lipinski definition) is 0. The predicted octanol–water partition coefficient (Wildman–Crippen LogP) is 4.72. The zero-order chi connectivity index (χ0) is 23.1. The minimum Gasteiger partial charge on any atom is -0.870 e. The van der Waals surface area contributed by atoms with Crippen molar-refractivity contribution < 1.29 is 116 Å². The van der Waals surface area contributed by atoms with E-state index in [0.29, 0.717) is 0 Å². The summed E-state index contributed by atoms with van der Waals surface area (Å²) in [6.07, 6.45) is -21.2. The number of hydrogen-bond acceptors (Lipinski definition) is 1. The molecule has 0 saturated heterocycles. The van der Waals surface area contributed by atoms with Crippen molar-refractivity contribution in [1.82, 2.24) is 0 Å². The van der Waals surface area contributed by atoms with Gasteiger partial charge in [-0.05, 0) is 12.3 Å². The number of rotatable bonds is 0. The van der Waals surface area contributed by atoms with Gasteiger partial charge in [-0.1, -0.05) is 41.5 Å². The van der Waals surface area contributed by atoms with E-state index in [1.807, 2.05) is 0 Å². The van der Waals surface area contributed by atoms with Gasteiger partial charge in [-0.15, -0.1) is 11.3 Å². The molecule has 0 aromatic rings. The normalized spacial score (nSPS) is 14.5. The number of alkyl halides is 12. The maximum Gasteiger partial charge on any atom is 1.00 e. The Balaban J connectivity index is -0.000000202. The summed E-state index contributed by atoms with van der Waals surface area (Å²) in [4.78, 5) is 0. The Kier molecular flexibility index (Phi) is 13.7. The first-order valence-corrected chi connectivity index (χ1v) is 7.27. The topological polar surface area (TPSA) is 30.0 Å². The van der Waals surface area contributed by atoms with E-state index in [0.717, 1.165) is 41.5 Å². The molecule has 0 aromatic heterocycles. The molecule has 0 fully saturated rings. The molecule has 0 heterocycles. The number of halogens is 12. The standard InChI is InChI=1S/C8H12F6.C7H9F6.H2O.Rb/c1-5(2,3)6(4,7(9,10)11)8(12,13)14;1-5(2,3)4(6(8,9)10)7(11,12)13;;/h1-4H3;1-3H3;1H2;/q;-1;;+1/p-1. The Hall–Kier alpha value is 0.925. The van der Waals surface area contributed by atoms with E-state index in [4.69, 9.17) is 0 Å². The molecule has 0 radical (unpaired) electrons. The molecule has 1 N–H and O–H groups in total. The van der Waals surface area contributed by atoms with E-state index in [1.54, 1.807) is 0 Å². The molecular formula is C15H22F12ORb-. The molecule has 0 bridgehead atoms. The van der Waals surface area contributed by atoms with Crippen molar-refractivity contribution in [2.75, 3.05) is 0 Å². The molecule has 174 valence electrons. The quantitative estimate of drug-likeness (QED) is 0.329. The summed E-state index contributed by atoms with van der Waals surface area (Å²) in [6, 6.07) is 0. The fourth-order valence-electron chi connectivity index (χ4n) is 2.02. The third-order valence-corrected chi connectivity index (χ3v) is 3.95. The first-order chi connectivity index (χ1) is 11.1. The summed E-state index contributed by atoms with van der Waals surface area (Å²) in [5.74, 6) is -2.35. The first kappa shape index (κ1) is 37.3. The monoisotopic (exact) mass is 531 g/mol. The Morgan fingerprint density at radius 3 is 0.690 bits per heavy atom. The van der Waals surface area contributed by atoms with Gasteiger partial charge in [0.25, 0.3) is 12.4 Å². The third kappa shape index (κ3) is 9.94. The summed E-state index contributed by atoms with van der Waals surface area (Å²) in [5, 5.41) is 0. The third-order valence-electron chi connectivity index (χ3n) is 3.95. The smallest absolute Gasteiger partial charge is 0.870 e. The van der Waals surface area contributed by atoms with Crippen LogP contribution in [-0.2, 0) is 0 Å². The molecule has 0 atom stereocenters. The van der Waals surface area contributed by atoms with Gasteiger partial charge in [0.15, 0.2) is 5.41 Å². The second kappa shape index (κ2) is 10.7. The average molecular weight is 532 g/mol. The van der Waals surface area contributed by atoms with E-state index >= 15 is 0 Å². The van der Waals surface area contributed by atoms with Crippen LogP contribution in [0, 0.1) is 22.2 Å². The first-order valence-electron chi connectivity index (χ1n) is 7.27. The largest absolute Gasteiger partial charge is 1.00 e. The second-order valence-corrected chi connectivity index (χ2v) is 7.99. The van der Waals surface area contributed by atoms with Crippen LogP contribution in [0.4, 0.5) is 52.7 Å². The Bertz CT molecular complexity index is 405. The molecule has 0 aliphatic carbocycles. The van der Waals surface area contributed by atoms with E-state index < -0.39 is 46.9 Å². The molecule has 1 nitrogen and oxygen atoms in total. The van der Waals surface area contributed by atoms with Crippen LogP contribution in [-0.4, -0.2) is 30.2 Å². The van der Waals surface area contributed by atoms with Crippen molar-refractivity contribution in [3.63, 3.8) is 0 Å². The van der Waals surface area contributed by atoms with Crippen LogP contribution in [0.5, 0.6) is 0 Å². The molecule has 0 spiro atoms. The summed E-state index contributed by atoms with van der Waals surface area (Å²) in [5.41, 5.74) is -7.56. The van der Waals surface area contributed by atoms with Gasteiger partial charge in [0.2, 0.25) is 0 Å². The maximum absolute atomic E-state index is 12.4. The molecule has 0 aliphatic rings. The van der Waals surface area contributed by atoms with E-state index in [2.05, 4.69) is 0 Å². The van der Waals surface area contributed by atoms with Gasteiger partial charge in [-0.2, -0.15) is 26.3 Å². The summed E-state index contributed by atoms with van der Waals surface area (Å²) in [7, 11) is 0. The van der Waals surface area contributed by atoms with Crippen molar-refractivity contribution >= 4 is 0 Å². The molecular weight excluding hydrogens is 510 g/mol. The van der Waals surface area contributed by atoms with Crippen molar-refractivity contribution in [2.24, 2.45) is 16.2 Å². The average Bonchev–Trinajstić information content (AvgIpc) is 2.16. The second-order valence-electron chi connectivity index (χ2n) is 7.99. The Labute approximate surface area is 210 Å². The van der Waals surface area contributed by atoms with Gasteiger partial charge in [-0.3, -0.25) is 0 Å². The van der Waals surface area contributed by atoms with Gasteiger partial charge >= 0.3 is 70.5 Å². The van der Waals surface area contributed by atoms with Gasteiger partial charge in [0, 0.05) is 0 Å². The SMILES string of the molecule is CC(C)(C)C(C)(C(F)(F)F)C(F)(F)F.CC(C)(C)[C-](C(F)(F)F)C(F)(F)F.[OH-].[Rb+]. The van der Waals surface area contributed by atoms with Gasteiger partial charge in [0.05, 0.1) is 0 Å². The fourth-order valence-corrected chi connectivity index (χ4v) is 2.02. The molecule has 29 heavy (non-hydrogen) atoms. The molecule has 14 heteroatoms. The molecule has 0 aromatic carbocycles. The zero-order valence-electron chi connectivity index (χ0n) is 17.0. The van der Waals surface area contributed by atoms with Gasteiger partial charge < -0.3 is 5.48 Å². The van der Waals surface area contributed by atoms with Crippen LogP contribution < -0.4 is 58.2 Å². The van der Waals surface area contributed by atoms with Crippen LogP contribution in [0.2, 0.25) is 0 Å². The van der Waals surface area contributed by atoms with Crippen molar-refractivity contribution in [3.8, 4) is 0 Å². The molecule has 0 aliphatic heterocycles. The summed E-state index contributed by atoms with van der Waals surface area (Å²) in [6.45, 7) is 5.60. The fraction of sp³-hybridized carbons (Fsp3) is 0.933. The van der Waals surface area contributed by atoms with Gasteiger partial charge in [-0.25, -0.2) is 26.3 Å². The molecule has 0 amide bonds. The van der Waals surface area contributed by atoms with Crippen LogP contribution in [0.25, 0.3) is 0 Å². The summed E-state index contributed by atoms with van der Waals surface area (Å²) < 4.78 is 146. The van der Waals surface area contributed by atoms with Crippen molar-refractivity contribution in [1.29, 1.82) is 0 Å².